The van der Waals surface area contributed by atoms with E-state index in [1.165, 1.54) is 24.3 Å². The van der Waals surface area contributed by atoms with Gasteiger partial charge < -0.3 is 33.2 Å². The van der Waals surface area contributed by atoms with Gasteiger partial charge in [-0.1, -0.05) is 24.3 Å². The Kier molecular flexibility index (Phi) is 8.16. The minimum Gasteiger partial charge on any atom is -0.463 e. The molecule has 48 heavy (non-hydrogen) atoms. The van der Waals surface area contributed by atoms with E-state index in [-0.39, 0.29) is 11.1 Å². The number of carbonyl (C=O) groups excluding carboxylic acids is 9. The van der Waals surface area contributed by atoms with Crippen molar-refractivity contribution < 1.29 is 76.3 Å². The summed E-state index contributed by atoms with van der Waals surface area (Å²) < 4.78 is 39.0. The zero-order valence-electron chi connectivity index (χ0n) is 26.1. The molecule has 0 spiro atoms. The summed E-state index contributed by atoms with van der Waals surface area (Å²) in [6.45, 7) is 3.62. The lowest BCUT2D eigenvalue weighted by Gasteiger charge is -2.47. The average molecular weight is 671 g/mol. The maximum Gasteiger partial charge on any atom is 0.303 e. The number of benzene rings is 1. The van der Waals surface area contributed by atoms with Crippen LogP contribution in [-0.4, -0.2) is 107 Å². The van der Waals surface area contributed by atoms with Crippen molar-refractivity contribution in [3.8, 4) is 0 Å². The topological polar surface area (TPSA) is 222 Å². The van der Waals surface area contributed by atoms with Gasteiger partial charge in [0.05, 0.1) is 12.0 Å². The molecule has 0 radical (unpaired) electrons. The van der Waals surface area contributed by atoms with Gasteiger partial charge in [-0.2, -0.15) is 0 Å². The van der Waals surface area contributed by atoms with Crippen LogP contribution in [0, 0.1) is 11.8 Å². The Morgan fingerprint density at radius 3 is 1.83 bits per heavy atom. The molecule has 6 rings (SSSR count). The molecule has 3 aliphatic carbocycles. The number of ketones is 5. The fraction of sp³-hybridized carbons (Fsp3) is 0.531. The predicted octanol–water partition coefficient (Wildman–Crippen LogP) is -0.211. The van der Waals surface area contributed by atoms with Crippen molar-refractivity contribution in [1.29, 1.82) is 0 Å². The normalized spacial score (nSPS) is 36.5. The Hall–Kier alpha value is -4.67. The van der Waals surface area contributed by atoms with Crippen LogP contribution in [-0.2, 0) is 66.7 Å². The van der Waals surface area contributed by atoms with Crippen molar-refractivity contribution in [2.75, 3.05) is 6.61 Å². The Bertz CT molecular complexity index is 1680. The Labute approximate surface area is 271 Å². The van der Waals surface area contributed by atoms with Crippen LogP contribution in [0.15, 0.2) is 24.3 Å². The van der Waals surface area contributed by atoms with E-state index in [9.17, 15) is 43.2 Å². The summed E-state index contributed by atoms with van der Waals surface area (Å²) in [5.74, 6) is -10.5. The fourth-order valence-corrected chi connectivity index (χ4v) is 7.32. The van der Waals surface area contributed by atoms with Crippen LogP contribution in [0.25, 0.3) is 0 Å². The summed E-state index contributed by atoms with van der Waals surface area (Å²) in [6, 6.07) is 5.68. The first-order valence-electron chi connectivity index (χ1n) is 15.1. The molecule has 16 nitrogen and oxygen atoms in total. The highest BCUT2D eigenvalue weighted by Gasteiger charge is 2.91. The molecular weight excluding hydrogens is 640 g/mol. The van der Waals surface area contributed by atoms with Crippen LogP contribution in [0.2, 0.25) is 0 Å². The number of rotatable bonds is 7. The number of esters is 4. The van der Waals surface area contributed by atoms with Gasteiger partial charge in [-0.3, -0.25) is 43.2 Å². The number of hydrogen-bond donors (Lipinski definition) is 0. The summed E-state index contributed by atoms with van der Waals surface area (Å²) in [5.41, 5.74) is -5.05. The van der Waals surface area contributed by atoms with E-state index in [1.54, 1.807) is 0 Å². The largest absolute Gasteiger partial charge is 0.463 e. The molecule has 0 bridgehead atoms. The van der Waals surface area contributed by atoms with Gasteiger partial charge >= 0.3 is 23.9 Å². The zero-order chi connectivity index (χ0) is 34.9. The van der Waals surface area contributed by atoms with Crippen molar-refractivity contribution >= 4 is 52.8 Å². The maximum atomic E-state index is 14.4. The number of fused-ring (bicyclic) bond motifs is 2. The third-order valence-electron chi connectivity index (χ3n) is 9.12. The highest BCUT2D eigenvalue weighted by atomic mass is 16.7. The molecule has 1 aromatic rings. The van der Waals surface area contributed by atoms with Crippen molar-refractivity contribution in [3.05, 3.63) is 35.4 Å². The molecule has 2 saturated carbocycles. The van der Waals surface area contributed by atoms with E-state index in [0.717, 1.165) is 27.7 Å². The molecule has 254 valence electrons. The first-order valence-corrected chi connectivity index (χ1v) is 15.1. The summed E-state index contributed by atoms with van der Waals surface area (Å²) in [7, 11) is 0. The van der Waals surface area contributed by atoms with E-state index in [2.05, 4.69) is 0 Å². The van der Waals surface area contributed by atoms with Crippen molar-refractivity contribution in [1.82, 2.24) is 0 Å². The number of epoxide rings is 1. The smallest absolute Gasteiger partial charge is 0.303 e. The quantitative estimate of drug-likeness (QED) is 0.158. The van der Waals surface area contributed by atoms with Crippen LogP contribution < -0.4 is 0 Å². The molecular formula is C32H30O16. The number of Topliss-reactive ketones (excluding diaryl/α,β-unsaturated/α-hetero) is 5. The lowest BCUT2D eigenvalue weighted by molar-refractivity contribution is -0.320. The highest BCUT2D eigenvalue weighted by molar-refractivity contribution is 6.43. The predicted molar refractivity (Wildman–Crippen MR) is 150 cm³/mol. The van der Waals surface area contributed by atoms with Crippen LogP contribution in [0.5, 0.6) is 0 Å². The van der Waals surface area contributed by atoms with E-state index in [1.807, 2.05) is 0 Å². The van der Waals surface area contributed by atoms with Crippen LogP contribution >= 0.6 is 0 Å². The lowest BCUT2D eigenvalue weighted by atomic mass is 9.56. The average Bonchev–Trinajstić information content (AvgIpc) is 3.74. The molecule has 5 aliphatic rings. The molecule has 0 aromatic heterocycles. The Balaban J connectivity index is 1.39. The number of ether oxygens (including phenoxy) is 7. The van der Waals surface area contributed by atoms with Gasteiger partial charge in [0.1, 0.15) is 18.5 Å². The number of hydrogen-bond acceptors (Lipinski definition) is 16. The third-order valence-corrected chi connectivity index (χ3v) is 9.12. The zero-order valence-corrected chi connectivity index (χ0v) is 26.1. The van der Waals surface area contributed by atoms with Gasteiger partial charge in [0, 0.05) is 57.6 Å². The molecule has 0 amide bonds. The summed E-state index contributed by atoms with van der Waals surface area (Å²) in [5, 5.41) is 0. The SMILES string of the molecule is CC(=O)OC[C@H]1O[C@@H](O[C@H]2CC(=O)C[C@H]3C(=O)[C@]45O[C@]4(C(=O)c4ccccc4C5=O)C(=O)[C@@H]23)[C@H](OC(C)=O)[C@@H](OC(C)=O)[C@@H]1OC(C)=O. The second-order valence-corrected chi connectivity index (χ2v) is 12.2. The van der Waals surface area contributed by atoms with Crippen molar-refractivity contribution in [2.24, 2.45) is 11.8 Å². The van der Waals surface area contributed by atoms with Gasteiger partial charge in [-0.15, -0.1) is 0 Å². The summed E-state index contributed by atoms with van der Waals surface area (Å²) >= 11 is 0. The minimum atomic E-state index is -2.46. The van der Waals surface area contributed by atoms with E-state index in [0.29, 0.717) is 0 Å². The molecule has 0 N–H and O–H groups in total. The maximum absolute atomic E-state index is 14.4. The fourth-order valence-electron chi connectivity index (χ4n) is 7.32. The van der Waals surface area contributed by atoms with E-state index >= 15 is 0 Å². The Morgan fingerprint density at radius 1 is 0.729 bits per heavy atom. The first-order chi connectivity index (χ1) is 22.6. The number of carbonyl (C=O) groups is 9. The van der Waals surface area contributed by atoms with Gasteiger partial charge in [0.2, 0.25) is 22.8 Å². The third kappa shape index (κ3) is 4.97. The molecule has 2 aliphatic heterocycles. The van der Waals surface area contributed by atoms with Gasteiger partial charge in [0.15, 0.2) is 36.2 Å². The van der Waals surface area contributed by atoms with Crippen LogP contribution in [0.4, 0.5) is 0 Å². The standard InChI is InChI=1S/C32H30O16/c1-12(33)42-11-21-23(43-13(2)34)24(44-14(3)35)25(45-15(4)36)30(47-21)46-20-10-16(37)9-19-22(20)29(41)32-27(39)18-8-6-5-7-17(18)26(38)31(32,48-32)28(19)40/h5-8,19-25,30H,9-11H2,1-4H3/t19-,20+,21-,22-,23-,24+,25-,30-,31+,32-/m1/s1. The van der Waals surface area contributed by atoms with E-state index < -0.39 is 132 Å². The molecule has 2 heterocycles. The Morgan fingerprint density at radius 2 is 1.27 bits per heavy atom. The first kappa shape index (κ1) is 33.2. The summed E-state index contributed by atoms with van der Waals surface area (Å²) in [4.78, 5) is 117. The second-order valence-electron chi connectivity index (χ2n) is 12.2. The molecule has 2 saturated heterocycles. The molecule has 4 fully saturated rings. The molecule has 0 unspecified atom stereocenters. The van der Waals surface area contributed by atoms with Gasteiger partial charge in [-0.25, -0.2) is 0 Å². The van der Waals surface area contributed by atoms with Crippen molar-refractivity contribution in [2.45, 2.75) is 88.5 Å². The molecule has 10 atom stereocenters. The van der Waals surface area contributed by atoms with Crippen LogP contribution in [0.1, 0.15) is 61.3 Å². The highest BCUT2D eigenvalue weighted by Crippen LogP contribution is 2.63. The lowest BCUT2D eigenvalue weighted by Crippen LogP contribution is -2.67. The van der Waals surface area contributed by atoms with E-state index in [4.69, 9.17) is 33.2 Å². The van der Waals surface area contributed by atoms with Gasteiger partial charge in [-0.05, 0) is 0 Å². The minimum absolute atomic E-state index is 0.0809. The van der Waals surface area contributed by atoms with Gasteiger partial charge in [0.25, 0.3) is 0 Å². The molecule has 16 heteroatoms. The summed E-state index contributed by atoms with van der Waals surface area (Å²) in [6.07, 6.45) is -10.4. The molecule has 1 aromatic carbocycles. The monoisotopic (exact) mass is 670 g/mol. The van der Waals surface area contributed by atoms with Crippen molar-refractivity contribution in [3.63, 3.8) is 0 Å². The van der Waals surface area contributed by atoms with Crippen LogP contribution in [0.3, 0.4) is 0 Å². The second kappa shape index (κ2) is 11.8.